The number of pyridine rings is 1. The number of aromatic nitrogens is 1. The van der Waals surface area contributed by atoms with Gasteiger partial charge in [0.25, 0.3) is 0 Å². The summed E-state index contributed by atoms with van der Waals surface area (Å²) in [6.07, 6.45) is 1.81. The molecule has 2 heteroatoms. The van der Waals surface area contributed by atoms with Crippen LogP contribution in [-0.4, -0.2) is 12.1 Å². The van der Waals surface area contributed by atoms with Gasteiger partial charge in [-0.3, -0.25) is 4.98 Å². The van der Waals surface area contributed by atoms with Crippen molar-refractivity contribution in [2.75, 3.05) is 7.11 Å². The summed E-state index contributed by atoms with van der Waals surface area (Å²) in [5.74, 6) is 0.870. The zero-order valence-corrected chi connectivity index (χ0v) is 11.3. The van der Waals surface area contributed by atoms with Crippen LogP contribution in [0.5, 0.6) is 5.75 Å². The molecule has 0 aliphatic rings. The quantitative estimate of drug-likeness (QED) is 0.696. The van der Waals surface area contributed by atoms with Crippen LogP contribution in [0.25, 0.3) is 22.4 Å². The molecule has 1 heterocycles. The van der Waals surface area contributed by atoms with Gasteiger partial charge in [-0.2, -0.15) is 0 Å². The lowest BCUT2D eigenvalue weighted by molar-refractivity contribution is 0.415. The number of nitrogens with zero attached hydrogens (tertiary/aromatic N) is 1. The molecule has 0 fully saturated rings. The molecule has 0 atom stereocenters. The zero-order chi connectivity index (χ0) is 13.8. The van der Waals surface area contributed by atoms with Gasteiger partial charge in [-0.1, -0.05) is 36.4 Å². The Hall–Kier alpha value is -2.61. The van der Waals surface area contributed by atoms with Gasteiger partial charge in [0.1, 0.15) is 5.75 Å². The Kier molecular flexibility index (Phi) is 3.46. The molecule has 0 unspecified atom stereocenters. The fourth-order valence-corrected chi connectivity index (χ4v) is 2.18. The fraction of sp³-hybridized carbons (Fsp3) is 0.0556. The summed E-state index contributed by atoms with van der Waals surface area (Å²) < 4.78 is 5.19. The van der Waals surface area contributed by atoms with Gasteiger partial charge in [0.2, 0.25) is 0 Å². The summed E-state index contributed by atoms with van der Waals surface area (Å²) >= 11 is 0. The Morgan fingerprint density at radius 3 is 2.25 bits per heavy atom. The van der Waals surface area contributed by atoms with Crippen LogP contribution in [0.1, 0.15) is 0 Å². The summed E-state index contributed by atoms with van der Waals surface area (Å²) in [7, 11) is 1.68. The van der Waals surface area contributed by atoms with E-state index in [9.17, 15) is 0 Å². The maximum absolute atomic E-state index is 5.19. The Balaban J connectivity index is 1.98. The minimum absolute atomic E-state index is 0.870. The molecule has 1 aromatic heterocycles. The van der Waals surface area contributed by atoms with Gasteiger partial charge in [0.05, 0.1) is 12.8 Å². The maximum atomic E-state index is 5.19. The first-order chi connectivity index (χ1) is 9.86. The smallest absolute Gasteiger partial charge is 0.118 e. The molecule has 0 radical (unpaired) electrons. The third kappa shape index (κ3) is 2.54. The van der Waals surface area contributed by atoms with E-state index in [0.717, 1.165) is 17.0 Å². The number of rotatable bonds is 3. The van der Waals surface area contributed by atoms with Crippen LogP contribution in [0.3, 0.4) is 0 Å². The van der Waals surface area contributed by atoms with E-state index in [1.807, 2.05) is 36.5 Å². The van der Waals surface area contributed by atoms with Gasteiger partial charge in [0, 0.05) is 11.8 Å². The Morgan fingerprint density at radius 2 is 1.55 bits per heavy atom. The summed E-state index contributed by atoms with van der Waals surface area (Å²) in [6, 6.07) is 22.4. The molecule has 2 nitrogen and oxygen atoms in total. The van der Waals surface area contributed by atoms with E-state index in [0.29, 0.717) is 0 Å². The maximum Gasteiger partial charge on any atom is 0.118 e. The molecule has 0 spiro atoms. The molecule has 0 amide bonds. The molecule has 98 valence electrons. The van der Waals surface area contributed by atoms with Gasteiger partial charge >= 0.3 is 0 Å². The first-order valence-electron chi connectivity index (χ1n) is 6.53. The van der Waals surface area contributed by atoms with E-state index >= 15 is 0 Å². The van der Waals surface area contributed by atoms with E-state index in [-0.39, 0.29) is 0 Å². The second kappa shape index (κ2) is 5.57. The molecular formula is C18H15NO. The van der Waals surface area contributed by atoms with Crippen molar-refractivity contribution in [2.24, 2.45) is 0 Å². The van der Waals surface area contributed by atoms with Gasteiger partial charge in [-0.15, -0.1) is 0 Å². The molecule has 2 aromatic carbocycles. The summed E-state index contributed by atoms with van der Waals surface area (Å²) in [5, 5.41) is 0. The van der Waals surface area contributed by atoms with Crippen molar-refractivity contribution >= 4 is 0 Å². The van der Waals surface area contributed by atoms with Crippen LogP contribution in [0.15, 0.2) is 72.9 Å². The van der Waals surface area contributed by atoms with E-state index in [4.69, 9.17) is 4.74 Å². The molecule has 20 heavy (non-hydrogen) atoms. The topological polar surface area (TPSA) is 22.1 Å². The predicted molar refractivity (Wildman–Crippen MR) is 81.7 cm³/mol. The zero-order valence-electron chi connectivity index (χ0n) is 11.3. The third-order valence-corrected chi connectivity index (χ3v) is 3.25. The van der Waals surface area contributed by atoms with Gasteiger partial charge < -0.3 is 4.74 Å². The lowest BCUT2D eigenvalue weighted by atomic mass is 10.0. The highest BCUT2D eigenvalue weighted by atomic mass is 16.5. The van der Waals surface area contributed by atoms with Gasteiger partial charge in [-0.05, 0) is 41.5 Å². The molecule has 3 rings (SSSR count). The first kappa shape index (κ1) is 12.4. The van der Waals surface area contributed by atoms with Crippen molar-refractivity contribution in [1.82, 2.24) is 4.98 Å². The highest BCUT2D eigenvalue weighted by Crippen LogP contribution is 2.26. The Morgan fingerprint density at radius 1 is 0.750 bits per heavy atom. The Labute approximate surface area is 118 Å². The number of benzene rings is 2. The minimum atomic E-state index is 0.870. The van der Waals surface area contributed by atoms with E-state index in [1.165, 1.54) is 11.1 Å². The van der Waals surface area contributed by atoms with Crippen LogP contribution < -0.4 is 4.74 Å². The van der Waals surface area contributed by atoms with Crippen LogP contribution in [0.2, 0.25) is 0 Å². The average Bonchev–Trinajstić information content (AvgIpc) is 2.56. The summed E-state index contributed by atoms with van der Waals surface area (Å²) in [5.41, 5.74) is 4.46. The predicted octanol–water partition coefficient (Wildman–Crippen LogP) is 4.42. The normalized spacial score (nSPS) is 10.2. The van der Waals surface area contributed by atoms with E-state index in [1.54, 1.807) is 7.11 Å². The summed E-state index contributed by atoms with van der Waals surface area (Å²) in [6.45, 7) is 0. The highest BCUT2D eigenvalue weighted by molar-refractivity contribution is 5.71. The minimum Gasteiger partial charge on any atom is -0.497 e. The molecule has 0 saturated heterocycles. The summed E-state index contributed by atoms with van der Waals surface area (Å²) in [4.78, 5) is 4.39. The standard InChI is InChI=1S/C18H15NO/c1-20-17-10-8-14(9-11-17)15-5-4-6-16(13-15)18-7-2-3-12-19-18/h2-13H,1H3. The second-order valence-electron chi connectivity index (χ2n) is 4.52. The largest absolute Gasteiger partial charge is 0.497 e. The SMILES string of the molecule is COc1ccc(-c2cccc(-c3ccccn3)c2)cc1. The second-order valence-corrected chi connectivity index (χ2v) is 4.52. The molecular weight excluding hydrogens is 246 g/mol. The van der Waals surface area contributed by atoms with Crippen molar-refractivity contribution in [3.8, 4) is 28.1 Å². The molecule has 0 saturated carbocycles. The number of ether oxygens (including phenoxy) is 1. The van der Waals surface area contributed by atoms with E-state index < -0.39 is 0 Å². The van der Waals surface area contributed by atoms with Crippen molar-refractivity contribution in [2.45, 2.75) is 0 Å². The first-order valence-corrected chi connectivity index (χ1v) is 6.53. The lowest BCUT2D eigenvalue weighted by Crippen LogP contribution is -1.85. The molecule has 0 N–H and O–H groups in total. The monoisotopic (exact) mass is 261 g/mol. The average molecular weight is 261 g/mol. The molecule has 3 aromatic rings. The number of hydrogen-bond donors (Lipinski definition) is 0. The molecule has 0 bridgehead atoms. The van der Waals surface area contributed by atoms with Gasteiger partial charge in [-0.25, -0.2) is 0 Å². The Bertz CT molecular complexity index is 690. The van der Waals surface area contributed by atoms with Crippen LogP contribution in [-0.2, 0) is 0 Å². The number of methoxy groups -OCH3 is 1. The molecule has 0 aliphatic heterocycles. The van der Waals surface area contributed by atoms with E-state index in [2.05, 4.69) is 41.4 Å². The van der Waals surface area contributed by atoms with Crippen molar-refractivity contribution < 1.29 is 4.74 Å². The van der Waals surface area contributed by atoms with Crippen molar-refractivity contribution in [1.29, 1.82) is 0 Å². The lowest BCUT2D eigenvalue weighted by Gasteiger charge is -2.06. The molecule has 0 aliphatic carbocycles. The van der Waals surface area contributed by atoms with Gasteiger partial charge in [0.15, 0.2) is 0 Å². The van der Waals surface area contributed by atoms with Crippen LogP contribution in [0.4, 0.5) is 0 Å². The van der Waals surface area contributed by atoms with Crippen molar-refractivity contribution in [3.05, 3.63) is 72.9 Å². The third-order valence-electron chi connectivity index (χ3n) is 3.25. The highest BCUT2D eigenvalue weighted by Gasteiger charge is 2.02. The fourth-order valence-electron chi connectivity index (χ4n) is 2.18. The van der Waals surface area contributed by atoms with Crippen LogP contribution in [0, 0.1) is 0 Å². The van der Waals surface area contributed by atoms with Crippen molar-refractivity contribution in [3.63, 3.8) is 0 Å². The number of hydrogen-bond acceptors (Lipinski definition) is 2. The van der Waals surface area contributed by atoms with Crippen LogP contribution >= 0.6 is 0 Å².